The van der Waals surface area contributed by atoms with Crippen LogP contribution in [-0.4, -0.2) is 5.91 Å². The van der Waals surface area contributed by atoms with Gasteiger partial charge in [-0.2, -0.15) is 0 Å². The van der Waals surface area contributed by atoms with Crippen molar-refractivity contribution in [2.75, 3.05) is 0 Å². The zero-order valence-electron chi connectivity index (χ0n) is 14.0. The van der Waals surface area contributed by atoms with Crippen molar-refractivity contribution in [2.24, 2.45) is 0 Å². The number of hydrogen-bond acceptors (Lipinski definition) is 3. The third-order valence-electron chi connectivity index (χ3n) is 3.84. The standard InChI is InChI=1S/C21H21NO3/c23-21(13-12-19-7-4-14-24-19)22-15-17-8-10-20(11-9-17)25-16-18-5-2-1-3-6-18/h1-11,14H,12-13,15-16H2,(H,22,23). The highest BCUT2D eigenvalue weighted by molar-refractivity contribution is 5.76. The van der Waals surface area contributed by atoms with Gasteiger partial charge in [0.15, 0.2) is 0 Å². The van der Waals surface area contributed by atoms with E-state index in [1.54, 1.807) is 6.26 Å². The molecule has 1 aromatic heterocycles. The summed E-state index contributed by atoms with van der Waals surface area (Å²) in [5.41, 5.74) is 2.17. The van der Waals surface area contributed by atoms with E-state index in [0.29, 0.717) is 26.0 Å². The van der Waals surface area contributed by atoms with Crippen LogP contribution in [-0.2, 0) is 24.4 Å². The molecule has 4 nitrogen and oxygen atoms in total. The van der Waals surface area contributed by atoms with Crippen LogP contribution in [0.15, 0.2) is 77.4 Å². The van der Waals surface area contributed by atoms with Crippen LogP contribution < -0.4 is 10.1 Å². The summed E-state index contributed by atoms with van der Waals surface area (Å²) in [4.78, 5) is 11.9. The highest BCUT2D eigenvalue weighted by atomic mass is 16.5. The van der Waals surface area contributed by atoms with Gasteiger partial charge in [0.2, 0.25) is 5.91 Å². The minimum absolute atomic E-state index is 0.0146. The molecule has 0 aliphatic carbocycles. The SMILES string of the molecule is O=C(CCc1ccco1)NCc1ccc(OCc2ccccc2)cc1. The van der Waals surface area contributed by atoms with Crippen LogP contribution >= 0.6 is 0 Å². The van der Waals surface area contributed by atoms with Crippen LogP contribution in [0.2, 0.25) is 0 Å². The molecule has 0 aliphatic rings. The van der Waals surface area contributed by atoms with Crippen LogP contribution in [0.25, 0.3) is 0 Å². The van der Waals surface area contributed by atoms with Gasteiger partial charge in [0.25, 0.3) is 0 Å². The van der Waals surface area contributed by atoms with Gasteiger partial charge in [-0.3, -0.25) is 4.79 Å². The summed E-state index contributed by atoms with van der Waals surface area (Å²) in [7, 11) is 0. The van der Waals surface area contributed by atoms with Gasteiger partial charge in [0, 0.05) is 19.4 Å². The van der Waals surface area contributed by atoms with Gasteiger partial charge in [0.05, 0.1) is 6.26 Å². The lowest BCUT2D eigenvalue weighted by atomic mass is 10.2. The van der Waals surface area contributed by atoms with Gasteiger partial charge < -0.3 is 14.5 Å². The molecule has 0 bridgehead atoms. The second-order valence-electron chi connectivity index (χ2n) is 5.77. The smallest absolute Gasteiger partial charge is 0.220 e. The fraction of sp³-hybridized carbons (Fsp3) is 0.190. The van der Waals surface area contributed by atoms with Crippen LogP contribution in [0.1, 0.15) is 23.3 Å². The number of benzene rings is 2. The Balaban J connectivity index is 1.40. The summed E-state index contributed by atoms with van der Waals surface area (Å²) in [6.07, 6.45) is 2.66. The summed E-state index contributed by atoms with van der Waals surface area (Å²) in [5, 5.41) is 2.92. The number of rotatable bonds is 8. The van der Waals surface area contributed by atoms with E-state index < -0.39 is 0 Å². The van der Waals surface area contributed by atoms with Crippen molar-refractivity contribution in [1.29, 1.82) is 0 Å². The van der Waals surface area contributed by atoms with Crippen molar-refractivity contribution in [3.05, 3.63) is 89.9 Å². The van der Waals surface area contributed by atoms with Gasteiger partial charge >= 0.3 is 0 Å². The van der Waals surface area contributed by atoms with Crippen LogP contribution in [0.3, 0.4) is 0 Å². The highest BCUT2D eigenvalue weighted by Gasteiger charge is 2.04. The molecule has 3 rings (SSSR count). The summed E-state index contributed by atoms with van der Waals surface area (Å²) in [6.45, 7) is 1.06. The molecule has 25 heavy (non-hydrogen) atoms. The zero-order valence-corrected chi connectivity index (χ0v) is 14.0. The Morgan fingerprint density at radius 1 is 0.920 bits per heavy atom. The first-order valence-electron chi connectivity index (χ1n) is 8.34. The minimum atomic E-state index is 0.0146. The quantitative estimate of drug-likeness (QED) is 0.674. The first-order chi connectivity index (χ1) is 12.3. The average Bonchev–Trinajstić information content (AvgIpc) is 3.18. The monoisotopic (exact) mass is 335 g/mol. The van der Waals surface area contributed by atoms with Gasteiger partial charge in [-0.25, -0.2) is 0 Å². The topological polar surface area (TPSA) is 51.5 Å². The second-order valence-corrected chi connectivity index (χ2v) is 5.77. The van der Waals surface area contributed by atoms with E-state index in [0.717, 1.165) is 22.6 Å². The largest absolute Gasteiger partial charge is 0.489 e. The number of ether oxygens (including phenoxy) is 1. The van der Waals surface area contributed by atoms with Crippen molar-refractivity contribution in [3.8, 4) is 5.75 Å². The molecule has 1 amide bonds. The third kappa shape index (κ3) is 5.53. The molecule has 0 fully saturated rings. The van der Waals surface area contributed by atoms with Gasteiger partial charge in [-0.15, -0.1) is 0 Å². The van der Waals surface area contributed by atoms with E-state index in [-0.39, 0.29) is 5.91 Å². The second kappa shape index (κ2) is 8.73. The lowest BCUT2D eigenvalue weighted by molar-refractivity contribution is -0.121. The van der Waals surface area contributed by atoms with E-state index in [1.807, 2.05) is 66.7 Å². The molecule has 0 radical (unpaired) electrons. The maximum Gasteiger partial charge on any atom is 0.220 e. The molecule has 0 saturated carbocycles. The molecule has 3 aromatic rings. The number of nitrogens with one attached hydrogen (secondary N) is 1. The molecule has 1 heterocycles. The molecule has 0 unspecified atom stereocenters. The predicted molar refractivity (Wildman–Crippen MR) is 96.1 cm³/mol. The zero-order chi connectivity index (χ0) is 17.3. The molecule has 0 aliphatic heterocycles. The fourth-order valence-electron chi connectivity index (χ4n) is 2.43. The molecule has 0 saturated heterocycles. The molecule has 0 atom stereocenters. The fourth-order valence-corrected chi connectivity index (χ4v) is 2.43. The average molecular weight is 335 g/mol. The number of furan rings is 1. The summed E-state index contributed by atoms with van der Waals surface area (Å²) in [6, 6.07) is 21.5. The van der Waals surface area contributed by atoms with E-state index in [4.69, 9.17) is 9.15 Å². The Labute approximate surface area is 147 Å². The summed E-state index contributed by atoms with van der Waals surface area (Å²) >= 11 is 0. The number of carbonyl (C=O) groups excluding carboxylic acids is 1. The molecule has 0 spiro atoms. The Kier molecular flexibility index (Phi) is 5.88. The lowest BCUT2D eigenvalue weighted by Crippen LogP contribution is -2.22. The van der Waals surface area contributed by atoms with Gasteiger partial charge in [-0.05, 0) is 35.4 Å². The van der Waals surface area contributed by atoms with Crippen LogP contribution in [0.5, 0.6) is 5.75 Å². The van der Waals surface area contributed by atoms with E-state index in [2.05, 4.69) is 5.32 Å². The lowest BCUT2D eigenvalue weighted by Gasteiger charge is -2.08. The van der Waals surface area contributed by atoms with Crippen LogP contribution in [0.4, 0.5) is 0 Å². The Hall–Kier alpha value is -3.01. The van der Waals surface area contributed by atoms with Gasteiger partial charge in [-0.1, -0.05) is 42.5 Å². The van der Waals surface area contributed by atoms with Crippen molar-refractivity contribution in [3.63, 3.8) is 0 Å². The molecule has 128 valence electrons. The van der Waals surface area contributed by atoms with E-state index in [1.165, 1.54) is 0 Å². The maximum absolute atomic E-state index is 11.9. The first-order valence-corrected chi connectivity index (χ1v) is 8.34. The number of amides is 1. The van der Waals surface area contributed by atoms with E-state index in [9.17, 15) is 4.79 Å². The normalized spacial score (nSPS) is 10.4. The maximum atomic E-state index is 11.9. The highest BCUT2D eigenvalue weighted by Crippen LogP contribution is 2.14. The number of hydrogen-bond donors (Lipinski definition) is 1. The van der Waals surface area contributed by atoms with Gasteiger partial charge in [0.1, 0.15) is 18.1 Å². The van der Waals surface area contributed by atoms with E-state index >= 15 is 0 Å². The van der Waals surface area contributed by atoms with Crippen LogP contribution in [0, 0.1) is 0 Å². The molecule has 2 aromatic carbocycles. The van der Waals surface area contributed by atoms with Crippen molar-refractivity contribution in [2.45, 2.75) is 26.0 Å². The Morgan fingerprint density at radius 3 is 2.44 bits per heavy atom. The Bertz CT molecular complexity index is 765. The number of carbonyl (C=O) groups is 1. The molecule has 1 N–H and O–H groups in total. The first kappa shape index (κ1) is 16.8. The molecular formula is C21H21NO3. The van der Waals surface area contributed by atoms with Crippen molar-refractivity contribution < 1.29 is 13.9 Å². The Morgan fingerprint density at radius 2 is 1.72 bits per heavy atom. The summed E-state index contributed by atoms with van der Waals surface area (Å²) in [5.74, 6) is 1.66. The van der Waals surface area contributed by atoms with Crippen molar-refractivity contribution >= 4 is 5.91 Å². The summed E-state index contributed by atoms with van der Waals surface area (Å²) < 4.78 is 11.0. The minimum Gasteiger partial charge on any atom is -0.489 e. The number of aryl methyl sites for hydroxylation is 1. The third-order valence-corrected chi connectivity index (χ3v) is 3.84. The molecule has 4 heteroatoms. The molecular weight excluding hydrogens is 314 g/mol. The van der Waals surface area contributed by atoms with Crippen molar-refractivity contribution in [1.82, 2.24) is 5.32 Å². The predicted octanol–water partition coefficient (Wildman–Crippen LogP) is 4.11.